The van der Waals surface area contributed by atoms with Gasteiger partial charge in [-0.25, -0.2) is 9.50 Å². The monoisotopic (exact) mass is 1010 g/mol. The lowest BCUT2D eigenvalue weighted by Gasteiger charge is -2.34. The maximum atomic E-state index is 13.4. The first-order valence-electron chi connectivity index (χ1n) is 23.7. The predicted octanol–water partition coefficient (Wildman–Crippen LogP) is 5.46. The molecule has 3 aromatic carbocycles. The second-order valence-electron chi connectivity index (χ2n) is 17.8. The zero-order valence-electron chi connectivity index (χ0n) is 39.3. The molecule has 4 aliphatic heterocycles. The van der Waals surface area contributed by atoms with E-state index in [1.54, 1.807) is 54.0 Å². The van der Waals surface area contributed by atoms with Gasteiger partial charge in [0.15, 0.2) is 5.65 Å². The fraction of sp³-hybridized carbons (Fsp3) is 0.392. The molecule has 3 saturated heterocycles. The molecule has 0 bridgehead atoms. The SMILES string of the molecule is Cc1c(C#Cc2cnc3ccc(N4CCC(OCCOCCN5CCN(CCOc6cccc7c6C(=O)N(C6CCC(=O)NC6=O)C7=O)CC5)CC4)nn23)cccc1C(=O)Nc1cc(Cl)cc(C(F)(F)F)c1. The van der Waals surface area contributed by atoms with Crippen molar-refractivity contribution >= 4 is 58.3 Å². The van der Waals surface area contributed by atoms with Crippen molar-refractivity contribution in [3.63, 3.8) is 0 Å². The lowest BCUT2D eigenvalue weighted by Crippen LogP contribution is -2.54. The zero-order chi connectivity index (χ0) is 50.5. The van der Waals surface area contributed by atoms with E-state index in [0.29, 0.717) is 61.2 Å². The summed E-state index contributed by atoms with van der Waals surface area (Å²) in [7, 11) is 0. The molecule has 0 spiro atoms. The number of piperidine rings is 2. The normalized spacial score (nSPS) is 18.0. The van der Waals surface area contributed by atoms with E-state index < -0.39 is 47.3 Å². The number of nitrogens with one attached hydrogen (secondary N) is 2. The molecule has 3 fully saturated rings. The molecular formula is C51H51ClF3N9O8. The van der Waals surface area contributed by atoms with Crippen molar-refractivity contribution in [1.82, 2.24) is 34.6 Å². The molecule has 0 radical (unpaired) electrons. The number of amides is 5. The quantitative estimate of drug-likeness (QED) is 0.0768. The smallest absolute Gasteiger partial charge is 0.416 e. The van der Waals surface area contributed by atoms with Gasteiger partial charge in [0.1, 0.15) is 29.9 Å². The van der Waals surface area contributed by atoms with Gasteiger partial charge in [-0.05, 0) is 92.3 Å². The molecule has 0 saturated carbocycles. The molecule has 5 amide bonds. The Morgan fingerprint density at radius 3 is 2.36 bits per heavy atom. The van der Waals surface area contributed by atoms with E-state index in [2.05, 4.69) is 42.2 Å². The summed E-state index contributed by atoms with van der Waals surface area (Å²) in [5.41, 5.74) is 1.80. The van der Waals surface area contributed by atoms with Crippen molar-refractivity contribution in [2.75, 3.05) is 89.0 Å². The van der Waals surface area contributed by atoms with E-state index >= 15 is 0 Å². The van der Waals surface area contributed by atoms with Crippen LogP contribution >= 0.6 is 11.6 Å². The summed E-state index contributed by atoms with van der Waals surface area (Å²) >= 11 is 5.91. The Balaban J connectivity index is 0.668. The second-order valence-corrected chi connectivity index (χ2v) is 18.3. The Hall–Kier alpha value is -6.89. The van der Waals surface area contributed by atoms with Crippen LogP contribution in [0, 0.1) is 18.8 Å². The number of imidazole rings is 1. The number of rotatable bonds is 15. The third-order valence-electron chi connectivity index (χ3n) is 13.2. The number of fused-ring (bicyclic) bond motifs is 2. The van der Waals surface area contributed by atoms with Crippen molar-refractivity contribution in [1.29, 1.82) is 0 Å². The fourth-order valence-electron chi connectivity index (χ4n) is 9.24. The minimum Gasteiger partial charge on any atom is -0.491 e. The summed E-state index contributed by atoms with van der Waals surface area (Å²) in [6, 6.07) is 15.5. The van der Waals surface area contributed by atoms with E-state index in [1.807, 2.05) is 12.1 Å². The number of nitrogens with zero attached hydrogens (tertiary/aromatic N) is 7. The highest BCUT2D eigenvalue weighted by molar-refractivity contribution is 6.31. The lowest BCUT2D eigenvalue weighted by molar-refractivity contribution is -0.138. The zero-order valence-corrected chi connectivity index (χ0v) is 40.1. The molecule has 9 rings (SSSR count). The topological polar surface area (TPSA) is 180 Å². The summed E-state index contributed by atoms with van der Waals surface area (Å²) in [6.07, 6.45) is -1.11. The molecule has 5 aromatic rings. The standard InChI is InChI=1S/C51H51ClF3N9O8/c1-32-33(4-2-5-39(32)47(66)57-36-29-34(51(53,54)55)28-35(52)30-36)8-9-37-31-56-43-11-12-44(59-64(37)43)62-16-14-38(15-17-62)71-27-26-70-24-22-60-18-20-61(21-19-60)23-25-72-42-7-3-6-40-46(42)50(69)63(49(40)68)41-10-13-45(65)58-48(41)67/h2-7,11-12,28-31,38,41H,10,13-27H2,1H3,(H,57,66)(H,58,65,67). The van der Waals surface area contributed by atoms with E-state index in [1.165, 1.54) is 6.07 Å². The molecule has 1 unspecified atom stereocenters. The van der Waals surface area contributed by atoms with E-state index in [9.17, 15) is 37.1 Å². The molecular weight excluding hydrogens is 959 g/mol. The number of carbonyl (C=O) groups excluding carboxylic acids is 5. The average Bonchev–Trinajstić information content (AvgIpc) is 3.88. The number of benzene rings is 3. The van der Waals surface area contributed by atoms with Crippen molar-refractivity contribution < 1.29 is 51.4 Å². The number of hydrogen-bond acceptors (Lipinski definition) is 13. The van der Waals surface area contributed by atoms with Crippen LogP contribution in [0.3, 0.4) is 0 Å². The molecule has 2 aromatic heterocycles. The maximum Gasteiger partial charge on any atom is 0.416 e. The van der Waals surface area contributed by atoms with Gasteiger partial charge in [-0.1, -0.05) is 29.7 Å². The van der Waals surface area contributed by atoms with E-state index in [-0.39, 0.29) is 46.3 Å². The van der Waals surface area contributed by atoms with Crippen LogP contribution in [0.5, 0.6) is 5.75 Å². The number of anilines is 2. The molecule has 2 N–H and O–H groups in total. The largest absolute Gasteiger partial charge is 0.491 e. The second kappa shape index (κ2) is 21.8. The summed E-state index contributed by atoms with van der Waals surface area (Å²) in [4.78, 5) is 76.0. The van der Waals surface area contributed by atoms with Gasteiger partial charge >= 0.3 is 6.18 Å². The lowest BCUT2D eigenvalue weighted by atomic mass is 10.0. The van der Waals surface area contributed by atoms with Gasteiger partial charge in [0.2, 0.25) is 11.8 Å². The first-order valence-corrected chi connectivity index (χ1v) is 24.1. The Morgan fingerprint density at radius 2 is 1.61 bits per heavy atom. The van der Waals surface area contributed by atoms with Gasteiger partial charge in [-0.2, -0.15) is 13.2 Å². The van der Waals surface area contributed by atoms with Crippen LogP contribution in [-0.2, 0) is 25.2 Å². The Labute approximate surface area is 417 Å². The fourth-order valence-corrected chi connectivity index (χ4v) is 9.47. The first-order chi connectivity index (χ1) is 34.7. The number of imide groups is 2. The van der Waals surface area contributed by atoms with Gasteiger partial charge in [0.25, 0.3) is 17.7 Å². The minimum atomic E-state index is -4.63. The van der Waals surface area contributed by atoms with E-state index in [4.69, 9.17) is 30.9 Å². The summed E-state index contributed by atoms with van der Waals surface area (Å²) < 4.78 is 59.8. The molecule has 72 heavy (non-hydrogen) atoms. The first kappa shape index (κ1) is 50.1. The highest BCUT2D eigenvalue weighted by atomic mass is 35.5. The van der Waals surface area contributed by atoms with Crippen LogP contribution in [0.15, 0.2) is 72.9 Å². The molecule has 4 aliphatic rings. The third-order valence-corrected chi connectivity index (χ3v) is 13.4. The predicted molar refractivity (Wildman–Crippen MR) is 258 cm³/mol. The van der Waals surface area contributed by atoms with Crippen LogP contribution in [0.1, 0.15) is 79.1 Å². The Morgan fingerprint density at radius 1 is 0.861 bits per heavy atom. The summed E-state index contributed by atoms with van der Waals surface area (Å²) in [5.74, 6) is 4.47. The number of aromatic nitrogens is 3. The van der Waals surface area contributed by atoms with Crippen LogP contribution in [-0.4, -0.2) is 150 Å². The highest BCUT2D eigenvalue weighted by Crippen LogP contribution is 2.35. The molecule has 6 heterocycles. The molecule has 17 nitrogen and oxygen atoms in total. The van der Waals surface area contributed by atoms with Crippen LogP contribution in [0.4, 0.5) is 24.7 Å². The number of piperazine rings is 1. The number of alkyl halides is 3. The Bertz CT molecular complexity index is 2960. The maximum absolute atomic E-state index is 13.4. The van der Waals surface area contributed by atoms with Crippen LogP contribution in [0.25, 0.3) is 5.65 Å². The van der Waals surface area contributed by atoms with Gasteiger partial charge in [0.05, 0.1) is 48.8 Å². The van der Waals surface area contributed by atoms with Gasteiger partial charge in [-0.3, -0.25) is 44.0 Å². The summed E-state index contributed by atoms with van der Waals surface area (Å²) in [5, 5.41) is 9.43. The number of carbonyl (C=O) groups is 5. The number of ether oxygens (including phenoxy) is 3. The van der Waals surface area contributed by atoms with Crippen molar-refractivity contribution in [3.8, 4) is 17.6 Å². The minimum absolute atomic E-state index is 0.0526. The number of hydrogen-bond donors (Lipinski definition) is 2. The molecule has 0 aliphatic carbocycles. The van der Waals surface area contributed by atoms with Crippen LogP contribution in [0.2, 0.25) is 5.02 Å². The molecule has 376 valence electrons. The third kappa shape index (κ3) is 11.4. The van der Waals surface area contributed by atoms with Crippen molar-refractivity contribution in [2.45, 2.75) is 50.9 Å². The van der Waals surface area contributed by atoms with Gasteiger partial charge in [0, 0.05) is 80.6 Å². The average molecular weight is 1010 g/mol. The molecule has 1 atom stereocenters. The van der Waals surface area contributed by atoms with Crippen molar-refractivity contribution in [3.05, 3.63) is 117 Å². The number of halogens is 4. The van der Waals surface area contributed by atoms with E-state index in [0.717, 1.165) is 81.5 Å². The Kier molecular flexibility index (Phi) is 15.2. The molecule has 21 heteroatoms. The van der Waals surface area contributed by atoms with Crippen LogP contribution < -0.4 is 20.3 Å². The summed E-state index contributed by atoms with van der Waals surface area (Å²) in [6.45, 7) is 9.98. The highest BCUT2D eigenvalue weighted by Gasteiger charge is 2.46. The van der Waals surface area contributed by atoms with Gasteiger partial charge in [-0.15, -0.1) is 5.10 Å². The van der Waals surface area contributed by atoms with Gasteiger partial charge < -0.3 is 24.4 Å². The van der Waals surface area contributed by atoms with Crippen molar-refractivity contribution in [2.24, 2.45) is 0 Å².